The number of nitrogen functional groups attached to an aromatic ring is 1. The third-order valence-corrected chi connectivity index (χ3v) is 2.59. The van der Waals surface area contributed by atoms with Gasteiger partial charge in [0.05, 0.1) is 23.3 Å². The standard InChI is InChI=1S/C13H13N3O3/c14-10-3-1-2-8-4-5-9(16-13(8)10)6-11(17)15-7-12(18)19/h1-5H,6-7,14H2,(H,15,17)(H,18,19). The van der Waals surface area contributed by atoms with Gasteiger partial charge in [0.2, 0.25) is 5.91 Å². The number of anilines is 1. The number of aromatic nitrogens is 1. The van der Waals surface area contributed by atoms with Crippen LogP contribution in [0.3, 0.4) is 0 Å². The summed E-state index contributed by atoms with van der Waals surface area (Å²) in [5.74, 6) is -1.46. The van der Waals surface area contributed by atoms with Crippen LogP contribution < -0.4 is 11.1 Å². The van der Waals surface area contributed by atoms with Gasteiger partial charge in [-0.05, 0) is 12.1 Å². The molecule has 19 heavy (non-hydrogen) atoms. The number of hydrogen-bond donors (Lipinski definition) is 3. The molecule has 0 aliphatic rings. The van der Waals surface area contributed by atoms with Crippen molar-refractivity contribution in [3.8, 4) is 0 Å². The summed E-state index contributed by atoms with van der Waals surface area (Å²) in [6.07, 6.45) is 0.0254. The summed E-state index contributed by atoms with van der Waals surface area (Å²) in [5, 5.41) is 11.6. The summed E-state index contributed by atoms with van der Waals surface area (Å²) >= 11 is 0. The van der Waals surface area contributed by atoms with Gasteiger partial charge in [-0.2, -0.15) is 0 Å². The minimum atomic E-state index is -1.08. The summed E-state index contributed by atoms with van der Waals surface area (Å²) in [6.45, 7) is -0.394. The molecular weight excluding hydrogens is 246 g/mol. The molecule has 1 aromatic carbocycles. The Morgan fingerprint density at radius 1 is 1.26 bits per heavy atom. The molecule has 2 rings (SSSR count). The van der Waals surface area contributed by atoms with E-state index in [2.05, 4.69) is 10.3 Å². The molecule has 0 saturated heterocycles. The van der Waals surface area contributed by atoms with Crippen LogP contribution in [0.5, 0.6) is 0 Å². The van der Waals surface area contributed by atoms with E-state index in [0.717, 1.165) is 5.39 Å². The highest BCUT2D eigenvalue weighted by Gasteiger charge is 2.07. The Balaban J connectivity index is 2.15. The van der Waals surface area contributed by atoms with Gasteiger partial charge in [0.25, 0.3) is 0 Å². The van der Waals surface area contributed by atoms with Crippen molar-refractivity contribution in [2.75, 3.05) is 12.3 Å². The SMILES string of the molecule is Nc1cccc2ccc(CC(=O)NCC(=O)O)nc12. The molecular formula is C13H13N3O3. The van der Waals surface area contributed by atoms with Crippen molar-refractivity contribution >= 4 is 28.5 Å². The molecule has 2 aromatic rings. The molecule has 0 spiro atoms. The lowest BCUT2D eigenvalue weighted by Gasteiger charge is -2.05. The van der Waals surface area contributed by atoms with E-state index in [1.54, 1.807) is 12.1 Å². The molecule has 0 radical (unpaired) electrons. The van der Waals surface area contributed by atoms with Crippen molar-refractivity contribution in [2.45, 2.75) is 6.42 Å². The lowest BCUT2D eigenvalue weighted by atomic mass is 10.1. The molecule has 0 saturated carbocycles. The van der Waals surface area contributed by atoms with E-state index >= 15 is 0 Å². The molecule has 0 bridgehead atoms. The van der Waals surface area contributed by atoms with Gasteiger partial charge in [-0.3, -0.25) is 14.6 Å². The van der Waals surface area contributed by atoms with Crippen molar-refractivity contribution in [3.05, 3.63) is 36.0 Å². The number of para-hydroxylation sites is 1. The van der Waals surface area contributed by atoms with Gasteiger partial charge in [0.15, 0.2) is 0 Å². The average Bonchev–Trinajstić information content (AvgIpc) is 2.37. The number of carboxylic acids is 1. The average molecular weight is 259 g/mol. The van der Waals surface area contributed by atoms with Crippen molar-refractivity contribution in [2.24, 2.45) is 0 Å². The highest BCUT2D eigenvalue weighted by atomic mass is 16.4. The summed E-state index contributed by atoms with van der Waals surface area (Å²) in [7, 11) is 0. The summed E-state index contributed by atoms with van der Waals surface area (Å²) < 4.78 is 0. The number of hydrogen-bond acceptors (Lipinski definition) is 4. The highest BCUT2D eigenvalue weighted by molar-refractivity contribution is 5.90. The number of benzene rings is 1. The Morgan fingerprint density at radius 2 is 2.05 bits per heavy atom. The van der Waals surface area contributed by atoms with Crippen LogP contribution >= 0.6 is 0 Å². The maximum Gasteiger partial charge on any atom is 0.322 e. The molecule has 4 N–H and O–H groups in total. The second-order valence-corrected chi connectivity index (χ2v) is 4.07. The zero-order chi connectivity index (χ0) is 13.8. The molecule has 1 aromatic heterocycles. The van der Waals surface area contributed by atoms with E-state index in [4.69, 9.17) is 10.8 Å². The van der Waals surface area contributed by atoms with Gasteiger partial charge in [0.1, 0.15) is 6.54 Å². The summed E-state index contributed by atoms with van der Waals surface area (Å²) in [6, 6.07) is 9.01. The van der Waals surface area contributed by atoms with Gasteiger partial charge in [-0.25, -0.2) is 0 Å². The summed E-state index contributed by atoms with van der Waals surface area (Å²) in [5.41, 5.74) is 7.55. The van der Waals surface area contributed by atoms with E-state index in [1.807, 2.05) is 18.2 Å². The number of aliphatic carboxylic acids is 1. The maximum atomic E-state index is 11.5. The number of nitrogens with two attached hydrogens (primary N) is 1. The second kappa shape index (κ2) is 5.34. The smallest absolute Gasteiger partial charge is 0.322 e. The second-order valence-electron chi connectivity index (χ2n) is 4.07. The molecule has 0 aliphatic carbocycles. The lowest BCUT2D eigenvalue weighted by molar-refractivity contribution is -0.137. The third kappa shape index (κ3) is 3.19. The van der Waals surface area contributed by atoms with E-state index in [0.29, 0.717) is 16.9 Å². The molecule has 98 valence electrons. The van der Waals surface area contributed by atoms with E-state index in [-0.39, 0.29) is 12.3 Å². The fourth-order valence-corrected chi connectivity index (χ4v) is 1.71. The Morgan fingerprint density at radius 3 is 2.79 bits per heavy atom. The van der Waals surface area contributed by atoms with Gasteiger partial charge in [-0.1, -0.05) is 18.2 Å². The molecule has 1 amide bonds. The number of carboxylic acid groups (broad SMARTS) is 1. The third-order valence-electron chi connectivity index (χ3n) is 2.59. The predicted octanol–water partition coefficient (Wildman–Crippen LogP) is 0.560. The molecule has 0 atom stereocenters. The minimum absolute atomic E-state index is 0.0254. The van der Waals surface area contributed by atoms with Gasteiger partial charge in [-0.15, -0.1) is 0 Å². The van der Waals surface area contributed by atoms with Gasteiger partial charge < -0.3 is 16.2 Å². The van der Waals surface area contributed by atoms with Crippen molar-refractivity contribution < 1.29 is 14.7 Å². The number of amides is 1. The van der Waals surface area contributed by atoms with Crippen LogP contribution in [0.25, 0.3) is 10.9 Å². The van der Waals surface area contributed by atoms with E-state index < -0.39 is 12.5 Å². The Kier molecular flexibility index (Phi) is 3.61. The van der Waals surface area contributed by atoms with Crippen LogP contribution in [0.2, 0.25) is 0 Å². The van der Waals surface area contributed by atoms with Crippen LogP contribution in [0.1, 0.15) is 5.69 Å². The fourth-order valence-electron chi connectivity index (χ4n) is 1.71. The van der Waals surface area contributed by atoms with Crippen LogP contribution in [-0.4, -0.2) is 28.5 Å². The van der Waals surface area contributed by atoms with Gasteiger partial charge >= 0.3 is 5.97 Å². The molecule has 0 unspecified atom stereocenters. The van der Waals surface area contributed by atoms with Crippen LogP contribution in [0.4, 0.5) is 5.69 Å². The number of carbonyl (C=O) groups is 2. The normalized spacial score (nSPS) is 10.3. The number of pyridine rings is 1. The molecule has 0 aliphatic heterocycles. The quantitative estimate of drug-likeness (QED) is 0.696. The molecule has 1 heterocycles. The summed E-state index contributed by atoms with van der Waals surface area (Å²) in [4.78, 5) is 26.1. The first-order valence-corrected chi connectivity index (χ1v) is 5.69. The Bertz CT molecular complexity index is 640. The molecule has 0 fully saturated rings. The first-order valence-electron chi connectivity index (χ1n) is 5.69. The number of fused-ring (bicyclic) bond motifs is 1. The first kappa shape index (κ1) is 12.8. The van der Waals surface area contributed by atoms with Crippen molar-refractivity contribution in [3.63, 3.8) is 0 Å². The fraction of sp³-hybridized carbons (Fsp3) is 0.154. The monoisotopic (exact) mass is 259 g/mol. The first-order chi connectivity index (χ1) is 9.06. The maximum absolute atomic E-state index is 11.5. The lowest BCUT2D eigenvalue weighted by Crippen LogP contribution is -2.30. The Hall–Kier alpha value is -2.63. The number of nitrogens with one attached hydrogen (secondary N) is 1. The number of nitrogens with zero attached hydrogens (tertiary/aromatic N) is 1. The van der Waals surface area contributed by atoms with Crippen LogP contribution in [-0.2, 0) is 16.0 Å². The van der Waals surface area contributed by atoms with E-state index in [9.17, 15) is 9.59 Å². The Labute approximate surface area is 109 Å². The number of carbonyl (C=O) groups excluding carboxylic acids is 1. The minimum Gasteiger partial charge on any atom is -0.480 e. The predicted molar refractivity (Wildman–Crippen MR) is 70.5 cm³/mol. The van der Waals surface area contributed by atoms with Crippen molar-refractivity contribution in [1.82, 2.24) is 10.3 Å². The topological polar surface area (TPSA) is 105 Å². The number of rotatable bonds is 4. The zero-order valence-electron chi connectivity index (χ0n) is 10.1. The van der Waals surface area contributed by atoms with Gasteiger partial charge in [0, 0.05) is 5.39 Å². The molecule has 6 nitrogen and oxygen atoms in total. The van der Waals surface area contributed by atoms with Crippen LogP contribution in [0.15, 0.2) is 30.3 Å². The van der Waals surface area contributed by atoms with Crippen LogP contribution in [0, 0.1) is 0 Å². The van der Waals surface area contributed by atoms with Crippen molar-refractivity contribution in [1.29, 1.82) is 0 Å². The zero-order valence-corrected chi connectivity index (χ0v) is 10.1. The molecule has 6 heteroatoms. The largest absolute Gasteiger partial charge is 0.480 e. The highest BCUT2D eigenvalue weighted by Crippen LogP contribution is 2.18. The van der Waals surface area contributed by atoms with E-state index in [1.165, 1.54) is 0 Å².